The number of carbonyl (C=O) groups is 3. The van der Waals surface area contributed by atoms with E-state index in [4.69, 9.17) is 0 Å². The van der Waals surface area contributed by atoms with Gasteiger partial charge in [0.25, 0.3) is 0 Å². The van der Waals surface area contributed by atoms with Crippen molar-refractivity contribution in [2.45, 2.75) is 139 Å². The van der Waals surface area contributed by atoms with Crippen molar-refractivity contribution in [2.75, 3.05) is 0 Å². The number of likely N-dealkylation sites (tertiary alicyclic amines) is 1. The second-order valence-electron chi connectivity index (χ2n) is 18.0. The standard InChI is InChI=1S/C44H59NO6/c1-22-16-33(42(7,8)9)36(46)25(4)28(22)19-30-39(49)31(20-29-23(2)17-34(43(10,11)12)37(47)26(29)5)41(51)45(40(30)50)21-32-24(3)18-35(44(13,14)15)38(48)27(32)6/h16-18,30-31,46-48H,19-21H2,1-15H3. The molecule has 0 bridgehead atoms. The number of phenolic OH excluding ortho intramolecular Hbond substituents is 3. The van der Waals surface area contributed by atoms with Crippen LogP contribution in [0.4, 0.5) is 0 Å². The quantitative estimate of drug-likeness (QED) is 0.175. The highest BCUT2D eigenvalue weighted by Gasteiger charge is 2.48. The molecule has 1 saturated heterocycles. The van der Waals surface area contributed by atoms with Crippen LogP contribution in [0.5, 0.6) is 17.2 Å². The molecule has 0 radical (unpaired) electrons. The third-order valence-corrected chi connectivity index (χ3v) is 11.1. The molecule has 276 valence electrons. The number of carbonyl (C=O) groups excluding carboxylic acids is 3. The number of imide groups is 1. The van der Waals surface area contributed by atoms with Crippen molar-refractivity contribution in [2.24, 2.45) is 11.8 Å². The van der Waals surface area contributed by atoms with E-state index < -0.39 is 29.4 Å². The largest absolute Gasteiger partial charge is 0.507 e. The van der Waals surface area contributed by atoms with Crippen molar-refractivity contribution in [3.8, 4) is 17.2 Å². The molecular formula is C44H59NO6. The number of hydrogen-bond donors (Lipinski definition) is 3. The summed E-state index contributed by atoms with van der Waals surface area (Å²) < 4.78 is 0. The fourth-order valence-corrected chi connectivity index (χ4v) is 7.69. The van der Waals surface area contributed by atoms with Crippen molar-refractivity contribution < 1.29 is 29.7 Å². The zero-order valence-electron chi connectivity index (χ0n) is 33.5. The number of aryl methyl sites for hydroxylation is 3. The average molecular weight is 698 g/mol. The first-order valence-electron chi connectivity index (χ1n) is 18.1. The van der Waals surface area contributed by atoms with Gasteiger partial charge in [-0.15, -0.1) is 0 Å². The van der Waals surface area contributed by atoms with Gasteiger partial charge >= 0.3 is 0 Å². The second-order valence-corrected chi connectivity index (χ2v) is 18.0. The number of piperidine rings is 1. The molecule has 7 heteroatoms. The lowest BCUT2D eigenvalue weighted by molar-refractivity contribution is -0.161. The molecule has 51 heavy (non-hydrogen) atoms. The number of nitrogens with zero attached hydrogens (tertiary/aromatic N) is 1. The maximum atomic E-state index is 14.5. The van der Waals surface area contributed by atoms with Crippen molar-refractivity contribution >= 4 is 17.6 Å². The van der Waals surface area contributed by atoms with E-state index in [1.807, 2.05) is 115 Å². The molecule has 1 fully saturated rings. The third kappa shape index (κ3) is 7.31. The molecule has 2 amide bonds. The summed E-state index contributed by atoms with van der Waals surface area (Å²) in [5.74, 6) is -3.56. The Labute approximate surface area is 305 Å². The van der Waals surface area contributed by atoms with Crippen LogP contribution >= 0.6 is 0 Å². The number of hydrogen-bond acceptors (Lipinski definition) is 6. The summed E-state index contributed by atoms with van der Waals surface area (Å²) in [5.41, 5.74) is 7.83. The Morgan fingerprint density at radius 3 is 1.08 bits per heavy atom. The van der Waals surface area contributed by atoms with E-state index in [0.29, 0.717) is 33.4 Å². The second kappa shape index (κ2) is 13.4. The van der Waals surface area contributed by atoms with E-state index in [1.54, 1.807) is 6.92 Å². The van der Waals surface area contributed by atoms with Crippen molar-refractivity contribution in [3.05, 3.63) is 85.0 Å². The molecule has 0 saturated carbocycles. The highest BCUT2D eigenvalue weighted by molar-refractivity contribution is 6.20. The minimum atomic E-state index is -1.17. The Kier molecular flexibility index (Phi) is 10.5. The first-order valence-corrected chi connectivity index (χ1v) is 18.1. The fourth-order valence-electron chi connectivity index (χ4n) is 7.69. The Hall–Kier alpha value is -4.13. The first kappa shape index (κ1) is 39.7. The molecule has 3 aromatic rings. The zero-order valence-corrected chi connectivity index (χ0v) is 33.5. The summed E-state index contributed by atoms with van der Waals surface area (Å²) in [4.78, 5) is 44.7. The Morgan fingerprint density at radius 1 is 0.510 bits per heavy atom. The van der Waals surface area contributed by atoms with Crippen LogP contribution in [0.3, 0.4) is 0 Å². The van der Waals surface area contributed by atoms with Gasteiger partial charge in [-0.3, -0.25) is 19.3 Å². The summed E-state index contributed by atoms with van der Waals surface area (Å²) in [6.07, 6.45) is 0.0674. The first-order chi connectivity index (χ1) is 23.2. The number of phenols is 3. The van der Waals surface area contributed by atoms with E-state index >= 15 is 0 Å². The van der Waals surface area contributed by atoms with Gasteiger partial charge in [0.2, 0.25) is 11.8 Å². The number of rotatable bonds is 6. The fraction of sp³-hybridized carbons (Fsp3) is 0.523. The van der Waals surface area contributed by atoms with Gasteiger partial charge < -0.3 is 15.3 Å². The van der Waals surface area contributed by atoms with Gasteiger partial charge in [-0.2, -0.15) is 0 Å². The summed E-state index contributed by atoms with van der Waals surface area (Å²) in [6.45, 7) is 29.3. The summed E-state index contributed by atoms with van der Waals surface area (Å²) >= 11 is 0. The number of Topliss-reactive ketones (excluding diaryl/α,β-unsaturated/α-hetero) is 1. The lowest BCUT2D eigenvalue weighted by Gasteiger charge is -2.36. The molecule has 4 rings (SSSR count). The maximum Gasteiger partial charge on any atom is 0.240 e. The normalized spacial score (nSPS) is 17.5. The van der Waals surface area contributed by atoms with Gasteiger partial charge in [0.1, 0.15) is 29.1 Å². The molecule has 0 spiro atoms. The number of aromatic hydroxyl groups is 3. The summed E-state index contributed by atoms with van der Waals surface area (Å²) in [5, 5.41) is 33.9. The van der Waals surface area contributed by atoms with Gasteiger partial charge in [-0.25, -0.2) is 0 Å². The smallest absolute Gasteiger partial charge is 0.240 e. The number of amides is 2. The predicted molar refractivity (Wildman–Crippen MR) is 204 cm³/mol. The van der Waals surface area contributed by atoms with Gasteiger partial charge in [0, 0.05) is 0 Å². The molecule has 1 aliphatic rings. The van der Waals surface area contributed by atoms with Crippen LogP contribution in [0.1, 0.15) is 129 Å². The van der Waals surface area contributed by atoms with E-state index in [1.165, 1.54) is 4.90 Å². The lowest BCUT2D eigenvalue weighted by Crippen LogP contribution is -2.55. The van der Waals surface area contributed by atoms with Crippen LogP contribution in [0.2, 0.25) is 0 Å². The van der Waals surface area contributed by atoms with E-state index in [0.717, 1.165) is 33.4 Å². The minimum absolute atomic E-state index is 0.0337. The van der Waals surface area contributed by atoms with Crippen molar-refractivity contribution in [1.82, 2.24) is 4.90 Å². The molecule has 3 aromatic carbocycles. The zero-order chi connectivity index (χ0) is 38.9. The highest BCUT2D eigenvalue weighted by Crippen LogP contribution is 2.42. The van der Waals surface area contributed by atoms with Crippen molar-refractivity contribution in [3.63, 3.8) is 0 Å². The molecule has 7 nitrogen and oxygen atoms in total. The van der Waals surface area contributed by atoms with Crippen LogP contribution in [-0.2, 0) is 50.0 Å². The average Bonchev–Trinajstić information content (AvgIpc) is 2.99. The maximum absolute atomic E-state index is 14.5. The van der Waals surface area contributed by atoms with Gasteiger partial charge in [-0.1, -0.05) is 80.5 Å². The molecule has 3 N–H and O–H groups in total. The molecule has 1 aliphatic heterocycles. The topological polar surface area (TPSA) is 115 Å². The van der Waals surface area contributed by atoms with Crippen LogP contribution in [-0.4, -0.2) is 37.8 Å². The molecule has 0 aliphatic carbocycles. The Morgan fingerprint density at radius 2 is 0.784 bits per heavy atom. The monoisotopic (exact) mass is 697 g/mol. The van der Waals surface area contributed by atoms with E-state index in [-0.39, 0.29) is 52.9 Å². The molecule has 2 unspecified atom stereocenters. The van der Waals surface area contributed by atoms with Crippen molar-refractivity contribution in [1.29, 1.82) is 0 Å². The van der Waals surface area contributed by atoms with E-state index in [2.05, 4.69) is 0 Å². The minimum Gasteiger partial charge on any atom is -0.507 e. The van der Waals surface area contributed by atoms with Gasteiger partial charge in [-0.05, 0) is 137 Å². The van der Waals surface area contributed by atoms with Crippen LogP contribution in [0, 0.1) is 53.4 Å². The molecule has 1 heterocycles. The van der Waals surface area contributed by atoms with E-state index in [9.17, 15) is 29.7 Å². The van der Waals surface area contributed by atoms with Gasteiger partial charge in [0.15, 0.2) is 5.78 Å². The molecule has 0 aromatic heterocycles. The number of benzene rings is 3. The van der Waals surface area contributed by atoms with Crippen LogP contribution < -0.4 is 0 Å². The number of ketones is 1. The third-order valence-electron chi connectivity index (χ3n) is 11.1. The van der Waals surface area contributed by atoms with Crippen LogP contribution in [0.15, 0.2) is 18.2 Å². The SMILES string of the molecule is Cc1cc(C(C)(C)C)c(O)c(C)c1CC1C(=O)C(Cc2c(C)cc(C(C)(C)C)c(O)c2C)C(=O)N(Cc2c(C)cc(C(C)(C)C)c(O)c2C)C1=O. The van der Waals surface area contributed by atoms with Crippen LogP contribution in [0.25, 0.3) is 0 Å². The molecular weight excluding hydrogens is 638 g/mol. The van der Waals surface area contributed by atoms with Gasteiger partial charge in [0.05, 0.1) is 6.54 Å². The summed E-state index contributed by atoms with van der Waals surface area (Å²) in [6, 6.07) is 5.76. The molecule has 2 atom stereocenters. The Bertz CT molecular complexity index is 1690. The Balaban J connectivity index is 1.88. The lowest BCUT2D eigenvalue weighted by atomic mass is 9.75. The predicted octanol–water partition coefficient (Wildman–Crippen LogP) is 8.70. The summed E-state index contributed by atoms with van der Waals surface area (Å²) in [7, 11) is 0. The highest BCUT2D eigenvalue weighted by atomic mass is 16.3.